The van der Waals surface area contributed by atoms with Crippen molar-refractivity contribution in [2.45, 2.75) is 33.1 Å². The normalized spacial score (nSPS) is 11.4. The molecule has 0 radical (unpaired) electrons. The van der Waals surface area contributed by atoms with Crippen LogP contribution in [-0.4, -0.2) is 0 Å². The third kappa shape index (κ3) is 2.86. The van der Waals surface area contributed by atoms with E-state index >= 15 is 0 Å². The van der Waals surface area contributed by atoms with Crippen molar-refractivity contribution in [3.8, 4) is 11.1 Å². The number of fused-ring (bicyclic) bond motifs is 2. The van der Waals surface area contributed by atoms with Gasteiger partial charge in [0.1, 0.15) is 11.2 Å². The standard InChI is InChI=1S/C22H20O3/c1-3-4-5-16-10-22(23)25-21-12-20-18(11-17(16)21)19(13-24-20)15-8-6-14(2)7-9-15/h6-13H,3-5H2,1-2H3. The molecule has 25 heavy (non-hydrogen) atoms. The summed E-state index contributed by atoms with van der Waals surface area (Å²) in [5, 5.41) is 2.04. The Hall–Kier alpha value is -2.81. The monoisotopic (exact) mass is 332 g/mol. The van der Waals surface area contributed by atoms with Gasteiger partial charge in [-0.1, -0.05) is 43.2 Å². The quantitative estimate of drug-likeness (QED) is 0.440. The topological polar surface area (TPSA) is 43.4 Å². The molecule has 0 unspecified atom stereocenters. The summed E-state index contributed by atoms with van der Waals surface area (Å²) in [5.74, 6) is 0. The van der Waals surface area contributed by atoms with Crippen molar-refractivity contribution in [3.05, 3.63) is 70.3 Å². The zero-order chi connectivity index (χ0) is 17.4. The number of unbranched alkanes of at least 4 members (excludes halogenated alkanes) is 1. The van der Waals surface area contributed by atoms with Crippen LogP contribution in [0.3, 0.4) is 0 Å². The molecule has 3 heteroatoms. The highest BCUT2D eigenvalue weighted by molar-refractivity contribution is 6.02. The van der Waals surface area contributed by atoms with Crippen LogP contribution in [0.1, 0.15) is 30.9 Å². The van der Waals surface area contributed by atoms with Crippen molar-refractivity contribution in [1.82, 2.24) is 0 Å². The average molecular weight is 332 g/mol. The van der Waals surface area contributed by atoms with Crippen LogP contribution in [0.5, 0.6) is 0 Å². The van der Waals surface area contributed by atoms with Crippen molar-refractivity contribution in [3.63, 3.8) is 0 Å². The Balaban J connectivity index is 1.95. The summed E-state index contributed by atoms with van der Waals surface area (Å²) in [6, 6.07) is 14.0. The van der Waals surface area contributed by atoms with E-state index in [2.05, 4.69) is 44.2 Å². The number of furan rings is 1. The van der Waals surface area contributed by atoms with Crippen LogP contribution in [-0.2, 0) is 6.42 Å². The largest absolute Gasteiger partial charge is 0.464 e. The van der Waals surface area contributed by atoms with Crippen molar-refractivity contribution in [2.24, 2.45) is 0 Å². The highest BCUT2D eigenvalue weighted by Crippen LogP contribution is 2.34. The Labute approximate surface area is 145 Å². The molecule has 126 valence electrons. The zero-order valence-corrected chi connectivity index (χ0v) is 14.5. The minimum atomic E-state index is -0.303. The van der Waals surface area contributed by atoms with Crippen molar-refractivity contribution >= 4 is 21.9 Å². The third-order valence-corrected chi connectivity index (χ3v) is 4.69. The molecule has 0 atom stereocenters. The Morgan fingerprint density at radius 1 is 0.960 bits per heavy atom. The molecule has 2 aromatic carbocycles. The first-order valence-corrected chi connectivity index (χ1v) is 8.70. The number of rotatable bonds is 4. The minimum absolute atomic E-state index is 0.303. The summed E-state index contributed by atoms with van der Waals surface area (Å²) in [6.07, 6.45) is 4.79. The molecule has 0 aliphatic heterocycles. The van der Waals surface area contributed by atoms with E-state index in [4.69, 9.17) is 8.83 Å². The van der Waals surface area contributed by atoms with E-state index < -0.39 is 0 Å². The van der Waals surface area contributed by atoms with Gasteiger partial charge >= 0.3 is 5.63 Å². The molecule has 0 amide bonds. The second kappa shape index (κ2) is 6.25. The molecule has 0 N–H and O–H groups in total. The third-order valence-electron chi connectivity index (χ3n) is 4.69. The number of benzene rings is 2. The van der Waals surface area contributed by atoms with Crippen molar-refractivity contribution < 1.29 is 8.83 Å². The molecule has 0 saturated carbocycles. The summed E-state index contributed by atoms with van der Waals surface area (Å²) in [6.45, 7) is 4.23. The van der Waals surface area contributed by atoms with Crippen LogP contribution < -0.4 is 5.63 Å². The second-order valence-corrected chi connectivity index (χ2v) is 6.55. The maximum absolute atomic E-state index is 11.9. The summed E-state index contributed by atoms with van der Waals surface area (Å²) < 4.78 is 11.1. The Morgan fingerprint density at radius 3 is 2.52 bits per heavy atom. The van der Waals surface area contributed by atoms with Crippen LogP contribution in [0.25, 0.3) is 33.1 Å². The predicted octanol–water partition coefficient (Wildman–Crippen LogP) is 5.86. The van der Waals surface area contributed by atoms with Crippen LogP contribution >= 0.6 is 0 Å². The van der Waals surface area contributed by atoms with E-state index in [-0.39, 0.29) is 5.63 Å². The zero-order valence-electron chi connectivity index (χ0n) is 14.5. The van der Waals surface area contributed by atoms with Gasteiger partial charge in [0.05, 0.1) is 6.26 Å². The number of hydrogen-bond donors (Lipinski definition) is 0. The van der Waals surface area contributed by atoms with Crippen LogP contribution in [0.2, 0.25) is 0 Å². The van der Waals surface area contributed by atoms with Crippen molar-refractivity contribution in [1.29, 1.82) is 0 Å². The maximum Gasteiger partial charge on any atom is 0.336 e. The van der Waals surface area contributed by atoms with E-state index in [0.717, 1.165) is 52.3 Å². The Morgan fingerprint density at radius 2 is 1.76 bits per heavy atom. The lowest BCUT2D eigenvalue weighted by molar-refractivity contribution is 0.556. The van der Waals surface area contributed by atoms with Gasteiger partial charge in [-0.2, -0.15) is 0 Å². The van der Waals surface area contributed by atoms with E-state index in [1.807, 2.05) is 6.07 Å². The van der Waals surface area contributed by atoms with Crippen LogP contribution in [0, 0.1) is 6.92 Å². The Bertz CT molecular complexity index is 1100. The number of aryl methyl sites for hydroxylation is 2. The SMILES string of the molecule is CCCCc1cc(=O)oc2cc3occ(-c4ccc(C)cc4)c3cc12. The molecule has 3 nitrogen and oxygen atoms in total. The summed E-state index contributed by atoms with van der Waals surface area (Å²) in [7, 11) is 0. The first-order chi connectivity index (χ1) is 12.2. The lowest BCUT2D eigenvalue weighted by atomic mass is 9.99. The van der Waals surface area contributed by atoms with Gasteiger partial charge in [-0.15, -0.1) is 0 Å². The van der Waals surface area contributed by atoms with Gasteiger partial charge in [0.15, 0.2) is 0 Å². The summed E-state index contributed by atoms with van der Waals surface area (Å²) >= 11 is 0. The molecule has 4 aromatic rings. The first-order valence-electron chi connectivity index (χ1n) is 8.70. The summed E-state index contributed by atoms with van der Waals surface area (Å²) in [4.78, 5) is 11.9. The van der Waals surface area contributed by atoms with Gasteiger partial charge in [-0.25, -0.2) is 4.79 Å². The maximum atomic E-state index is 11.9. The summed E-state index contributed by atoms with van der Waals surface area (Å²) in [5.41, 5.74) is 5.48. The predicted molar refractivity (Wildman–Crippen MR) is 101 cm³/mol. The molecule has 0 saturated heterocycles. The molecular formula is C22H20O3. The number of hydrogen-bond acceptors (Lipinski definition) is 3. The minimum Gasteiger partial charge on any atom is -0.464 e. The van der Waals surface area contributed by atoms with E-state index in [0.29, 0.717) is 5.58 Å². The van der Waals surface area contributed by atoms with Gasteiger partial charge < -0.3 is 8.83 Å². The lowest BCUT2D eigenvalue weighted by Gasteiger charge is -2.06. The van der Waals surface area contributed by atoms with Crippen LogP contribution in [0.15, 0.2) is 62.4 Å². The molecule has 4 rings (SSSR count). The van der Waals surface area contributed by atoms with Gasteiger partial charge in [0.25, 0.3) is 0 Å². The lowest BCUT2D eigenvalue weighted by Crippen LogP contribution is -2.00. The second-order valence-electron chi connectivity index (χ2n) is 6.55. The van der Waals surface area contributed by atoms with Gasteiger partial charge in [-0.3, -0.25) is 0 Å². The molecule has 0 aliphatic carbocycles. The van der Waals surface area contributed by atoms with E-state index in [1.165, 1.54) is 5.56 Å². The van der Waals surface area contributed by atoms with Gasteiger partial charge in [0.2, 0.25) is 0 Å². The van der Waals surface area contributed by atoms with E-state index in [1.54, 1.807) is 12.3 Å². The highest BCUT2D eigenvalue weighted by atomic mass is 16.4. The van der Waals surface area contributed by atoms with Gasteiger partial charge in [-0.05, 0) is 37.0 Å². The molecule has 0 bridgehead atoms. The fourth-order valence-electron chi connectivity index (χ4n) is 3.28. The Kier molecular flexibility index (Phi) is 3.92. The first kappa shape index (κ1) is 15.7. The fourth-order valence-corrected chi connectivity index (χ4v) is 3.28. The van der Waals surface area contributed by atoms with Crippen molar-refractivity contribution in [2.75, 3.05) is 0 Å². The van der Waals surface area contributed by atoms with E-state index in [9.17, 15) is 4.79 Å². The fraction of sp³-hybridized carbons (Fsp3) is 0.227. The van der Waals surface area contributed by atoms with Gasteiger partial charge in [0, 0.05) is 28.5 Å². The molecule has 0 aliphatic rings. The molecule has 2 heterocycles. The molecule has 0 spiro atoms. The molecule has 0 fully saturated rings. The molecule has 2 aromatic heterocycles. The van der Waals surface area contributed by atoms with Crippen LogP contribution in [0.4, 0.5) is 0 Å². The smallest absolute Gasteiger partial charge is 0.336 e. The highest BCUT2D eigenvalue weighted by Gasteiger charge is 2.13. The molecular weight excluding hydrogens is 312 g/mol. The average Bonchev–Trinajstić information content (AvgIpc) is 3.01.